The third-order valence-electron chi connectivity index (χ3n) is 5.91. The summed E-state index contributed by atoms with van der Waals surface area (Å²) in [6, 6.07) is 0.830. The predicted molar refractivity (Wildman–Crippen MR) is 105 cm³/mol. The highest BCUT2D eigenvalue weighted by molar-refractivity contribution is 6.62. The molecule has 4 N–H and O–H groups in total. The van der Waals surface area contributed by atoms with Gasteiger partial charge in [0.25, 0.3) is 0 Å². The van der Waals surface area contributed by atoms with Gasteiger partial charge in [0.1, 0.15) is 0 Å². The average Bonchev–Trinajstić information content (AvgIpc) is 3.14. The second-order valence-electron chi connectivity index (χ2n) is 8.13. The minimum Gasteiger partial charge on any atom is -0.370 e. The molecule has 1 aliphatic carbocycles. The number of guanidine groups is 1. The topological polar surface area (TPSA) is 89.6 Å². The molecule has 0 aromatic rings. The van der Waals surface area contributed by atoms with Crippen molar-refractivity contribution in [2.45, 2.75) is 108 Å². The van der Waals surface area contributed by atoms with Crippen molar-refractivity contribution in [3.8, 4) is 0 Å². The van der Waals surface area contributed by atoms with E-state index in [1.54, 1.807) is 0 Å². The van der Waals surface area contributed by atoms with Gasteiger partial charge in [-0.15, -0.1) is 0 Å². The molecule has 2 saturated heterocycles. The van der Waals surface area contributed by atoms with Crippen LogP contribution in [0.4, 0.5) is 0 Å². The Kier molecular flexibility index (Phi) is 7.78. The third-order valence-corrected chi connectivity index (χ3v) is 8.83. The Balaban J connectivity index is 1.53. The molecule has 4 atom stereocenters. The molecule has 0 amide bonds. The molecule has 2 bridgehead atoms. The molecule has 0 aromatic carbocycles. The van der Waals surface area contributed by atoms with Crippen LogP contribution in [0.1, 0.15) is 83.5 Å². The maximum absolute atomic E-state index is 7.26. The second kappa shape index (κ2) is 10.1. The van der Waals surface area contributed by atoms with E-state index in [9.17, 15) is 0 Å². The van der Waals surface area contributed by atoms with Crippen LogP contribution in [-0.2, 0) is 13.3 Å². The summed E-state index contributed by atoms with van der Waals surface area (Å²) in [5.74, 6) is 0.0238. The van der Waals surface area contributed by atoms with E-state index in [2.05, 4.69) is 5.32 Å². The fourth-order valence-corrected chi connectivity index (χ4v) is 7.81. The molecule has 3 unspecified atom stereocenters. The van der Waals surface area contributed by atoms with Crippen molar-refractivity contribution in [2.75, 3.05) is 6.54 Å². The predicted octanol–water partition coefficient (Wildman–Crippen LogP) is 3.68. The molecule has 3 fully saturated rings. The lowest BCUT2D eigenvalue weighted by Crippen LogP contribution is -2.46. The van der Waals surface area contributed by atoms with Crippen LogP contribution in [0, 0.1) is 5.41 Å². The number of hydrogen-bond acceptors (Lipinski definition) is 4. The van der Waals surface area contributed by atoms with Gasteiger partial charge in [0.05, 0.1) is 18.3 Å². The van der Waals surface area contributed by atoms with E-state index < -0.39 is 8.80 Å². The lowest BCUT2D eigenvalue weighted by molar-refractivity contribution is 0.0124. The molecular weight excluding hydrogens is 346 g/mol. The zero-order valence-corrected chi connectivity index (χ0v) is 17.1. The Labute approximate surface area is 159 Å². The summed E-state index contributed by atoms with van der Waals surface area (Å²) < 4.78 is 19.2. The van der Waals surface area contributed by atoms with Crippen molar-refractivity contribution < 1.29 is 13.3 Å². The van der Waals surface area contributed by atoms with Gasteiger partial charge in [0, 0.05) is 12.6 Å². The fraction of sp³-hybridized carbons (Fsp3) is 0.947. The highest BCUT2D eigenvalue weighted by atomic mass is 28.4. The van der Waals surface area contributed by atoms with Gasteiger partial charge >= 0.3 is 8.80 Å². The summed E-state index contributed by atoms with van der Waals surface area (Å²) in [7, 11) is -2.51. The van der Waals surface area contributed by atoms with Crippen LogP contribution in [0.3, 0.4) is 0 Å². The molecule has 0 spiro atoms. The molecule has 150 valence electrons. The molecule has 3 rings (SSSR count). The number of fused-ring (bicyclic) bond motifs is 1. The summed E-state index contributed by atoms with van der Waals surface area (Å²) in [4.78, 5) is 0. The molecule has 1 saturated carbocycles. The van der Waals surface area contributed by atoms with Gasteiger partial charge in [-0.3, -0.25) is 5.41 Å². The molecule has 0 radical (unpaired) electrons. The van der Waals surface area contributed by atoms with Gasteiger partial charge in [0.2, 0.25) is 0 Å². The fourth-order valence-electron chi connectivity index (χ4n) is 4.53. The van der Waals surface area contributed by atoms with Gasteiger partial charge in [-0.25, -0.2) is 0 Å². The van der Waals surface area contributed by atoms with Gasteiger partial charge in [-0.1, -0.05) is 64.2 Å². The molecule has 2 heterocycles. The lowest BCUT2D eigenvalue weighted by atomic mass is 9.98. The number of nitrogens with two attached hydrogens (primary N) is 1. The van der Waals surface area contributed by atoms with E-state index in [1.807, 2.05) is 0 Å². The van der Waals surface area contributed by atoms with E-state index in [1.165, 1.54) is 64.2 Å². The van der Waals surface area contributed by atoms with Crippen molar-refractivity contribution in [3.63, 3.8) is 0 Å². The first kappa shape index (κ1) is 20.1. The van der Waals surface area contributed by atoms with Crippen LogP contribution in [0.15, 0.2) is 0 Å². The molecule has 6 nitrogen and oxygen atoms in total. The van der Waals surface area contributed by atoms with E-state index in [4.69, 9.17) is 24.4 Å². The second-order valence-corrected chi connectivity index (χ2v) is 10.7. The van der Waals surface area contributed by atoms with E-state index in [0.717, 1.165) is 25.3 Å². The maximum atomic E-state index is 7.26. The summed E-state index contributed by atoms with van der Waals surface area (Å²) in [5, 5.41) is 10.1. The molecule has 7 heteroatoms. The summed E-state index contributed by atoms with van der Waals surface area (Å²) in [6.07, 6.45) is 17.2. The minimum absolute atomic E-state index is 0.0238. The quantitative estimate of drug-likeness (QED) is 0.298. The first-order chi connectivity index (χ1) is 12.7. The van der Waals surface area contributed by atoms with Crippen LogP contribution in [-0.4, -0.2) is 39.6 Å². The highest BCUT2D eigenvalue weighted by Crippen LogP contribution is 2.43. The third kappa shape index (κ3) is 5.68. The average molecular weight is 384 g/mol. The van der Waals surface area contributed by atoms with Gasteiger partial charge in [0.15, 0.2) is 5.96 Å². The molecule has 3 aliphatic rings. The SMILES string of the molecule is N=C(N)NCCC[Si]12OC3CCCCCCCCCCCC[C@H](O1)C3O2. The zero-order chi connectivity index (χ0) is 18.2. The standard InChI is InChI=1S/C19H37N3O3Si/c20-19(21)22-14-11-15-26-23-16-12-9-7-5-3-1-2-4-6-8-10-13-17(24-26)18(16)25-26/h16-18H,1-15H2,(H4,20,21,22)/t16-,17?,18?,26?/m0/s1. The Hall–Kier alpha value is -0.633. The van der Waals surface area contributed by atoms with E-state index in [0.29, 0.717) is 6.54 Å². The first-order valence-electron chi connectivity index (χ1n) is 10.8. The molecule has 26 heavy (non-hydrogen) atoms. The molecule has 2 aliphatic heterocycles. The highest BCUT2D eigenvalue weighted by Gasteiger charge is 2.62. The normalized spacial score (nSPS) is 36.2. The van der Waals surface area contributed by atoms with Crippen LogP contribution in [0.5, 0.6) is 0 Å². The van der Waals surface area contributed by atoms with Crippen molar-refractivity contribution >= 4 is 14.8 Å². The van der Waals surface area contributed by atoms with Crippen LogP contribution < -0.4 is 11.1 Å². The van der Waals surface area contributed by atoms with Crippen molar-refractivity contribution in [3.05, 3.63) is 0 Å². The van der Waals surface area contributed by atoms with Crippen LogP contribution >= 0.6 is 0 Å². The zero-order valence-electron chi connectivity index (χ0n) is 16.1. The van der Waals surface area contributed by atoms with Crippen LogP contribution in [0.25, 0.3) is 0 Å². The molecule has 0 aromatic heterocycles. The minimum atomic E-state index is -2.51. The van der Waals surface area contributed by atoms with E-state index >= 15 is 0 Å². The lowest BCUT2D eigenvalue weighted by Gasteiger charge is -2.31. The van der Waals surface area contributed by atoms with Gasteiger partial charge in [-0.2, -0.15) is 0 Å². The van der Waals surface area contributed by atoms with Gasteiger partial charge < -0.3 is 24.3 Å². The maximum Gasteiger partial charge on any atom is 0.502 e. The Morgan fingerprint density at radius 3 is 1.85 bits per heavy atom. The Bertz CT molecular complexity index is 422. The van der Waals surface area contributed by atoms with Crippen LogP contribution in [0.2, 0.25) is 6.04 Å². The monoisotopic (exact) mass is 383 g/mol. The van der Waals surface area contributed by atoms with Crippen molar-refractivity contribution in [1.29, 1.82) is 5.41 Å². The number of rotatable bonds is 4. The summed E-state index contributed by atoms with van der Waals surface area (Å²) in [5.41, 5.74) is 5.36. The van der Waals surface area contributed by atoms with Gasteiger partial charge in [-0.05, 0) is 19.3 Å². The number of nitrogens with one attached hydrogen (secondary N) is 2. The molecular formula is C19H37N3O3Si. The summed E-state index contributed by atoms with van der Waals surface area (Å²) >= 11 is 0. The van der Waals surface area contributed by atoms with E-state index in [-0.39, 0.29) is 24.3 Å². The van der Waals surface area contributed by atoms with Crippen molar-refractivity contribution in [1.82, 2.24) is 5.32 Å². The van der Waals surface area contributed by atoms with Crippen molar-refractivity contribution in [2.24, 2.45) is 5.73 Å². The number of hydrogen-bond donors (Lipinski definition) is 3. The Morgan fingerprint density at radius 1 is 0.846 bits per heavy atom. The smallest absolute Gasteiger partial charge is 0.370 e. The Morgan fingerprint density at radius 2 is 1.35 bits per heavy atom. The first-order valence-corrected chi connectivity index (χ1v) is 12.7. The largest absolute Gasteiger partial charge is 0.502 e. The summed E-state index contributed by atoms with van der Waals surface area (Å²) in [6.45, 7) is 0.681.